The highest BCUT2D eigenvalue weighted by molar-refractivity contribution is 9.10. The van der Waals surface area contributed by atoms with Crippen molar-refractivity contribution in [1.82, 2.24) is 5.32 Å². The van der Waals surface area contributed by atoms with E-state index in [1.54, 1.807) is 18.2 Å². The van der Waals surface area contributed by atoms with Crippen LogP contribution in [0.1, 0.15) is 43.7 Å². The molecule has 2 N–H and O–H groups in total. The molecule has 5 nitrogen and oxygen atoms in total. The van der Waals surface area contributed by atoms with E-state index < -0.39 is 12.0 Å². The SMILES string of the molecule is COc1ccc(C(NC(=O)CCC2CCC2)C(=O)O)cc1Br. The molecule has 1 aromatic carbocycles. The Balaban J connectivity index is 2.00. The molecule has 1 aliphatic rings. The molecule has 1 aromatic rings. The molecule has 0 aromatic heterocycles. The predicted molar refractivity (Wildman–Crippen MR) is 85.8 cm³/mol. The largest absolute Gasteiger partial charge is 0.496 e. The summed E-state index contributed by atoms with van der Waals surface area (Å²) < 4.78 is 5.78. The van der Waals surface area contributed by atoms with E-state index in [1.165, 1.54) is 26.4 Å². The van der Waals surface area contributed by atoms with Crippen molar-refractivity contribution in [2.24, 2.45) is 5.92 Å². The third-order valence-electron chi connectivity index (χ3n) is 4.07. The van der Waals surface area contributed by atoms with Crippen LogP contribution >= 0.6 is 15.9 Å². The normalized spacial score (nSPS) is 15.7. The van der Waals surface area contributed by atoms with E-state index in [2.05, 4.69) is 21.2 Å². The molecule has 1 aliphatic carbocycles. The molecule has 22 heavy (non-hydrogen) atoms. The van der Waals surface area contributed by atoms with Gasteiger partial charge in [-0.15, -0.1) is 0 Å². The van der Waals surface area contributed by atoms with Crippen LogP contribution in [-0.2, 0) is 9.59 Å². The van der Waals surface area contributed by atoms with Crippen molar-refractivity contribution in [3.05, 3.63) is 28.2 Å². The highest BCUT2D eigenvalue weighted by Gasteiger charge is 2.24. The van der Waals surface area contributed by atoms with E-state index in [1.807, 2.05) is 0 Å². The van der Waals surface area contributed by atoms with Gasteiger partial charge in [-0.2, -0.15) is 0 Å². The van der Waals surface area contributed by atoms with Gasteiger partial charge >= 0.3 is 5.97 Å². The molecule has 1 unspecified atom stereocenters. The lowest BCUT2D eigenvalue weighted by Crippen LogP contribution is -2.34. The molecule has 1 saturated carbocycles. The van der Waals surface area contributed by atoms with Gasteiger partial charge in [-0.1, -0.05) is 25.3 Å². The smallest absolute Gasteiger partial charge is 0.330 e. The van der Waals surface area contributed by atoms with Gasteiger partial charge in [0, 0.05) is 6.42 Å². The molecule has 6 heteroatoms. The Morgan fingerprint density at radius 1 is 1.45 bits per heavy atom. The summed E-state index contributed by atoms with van der Waals surface area (Å²) in [6.45, 7) is 0. The molecule has 2 rings (SSSR count). The fourth-order valence-electron chi connectivity index (χ4n) is 2.50. The van der Waals surface area contributed by atoms with Crippen LogP contribution in [0, 0.1) is 5.92 Å². The molecule has 120 valence electrons. The number of carboxylic acid groups (broad SMARTS) is 1. The van der Waals surface area contributed by atoms with Gasteiger partial charge in [0.1, 0.15) is 5.75 Å². The van der Waals surface area contributed by atoms with Crippen molar-refractivity contribution in [3.63, 3.8) is 0 Å². The second kappa shape index (κ2) is 7.63. The number of benzene rings is 1. The first-order valence-electron chi connectivity index (χ1n) is 7.37. The number of carbonyl (C=O) groups is 2. The van der Waals surface area contributed by atoms with E-state index >= 15 is 0 Å². The maximum atomic E-state index is 12.0. The fraction of sp³-hybridized carbons (Fsp3) is 0.500. The van der Waals surface area contributed by atoms with Crippen LogP contribution in [0.5, 0.6) is 5.75 Å². The van der Waals surface area contributed by atoms with Crippen molar-refractivity contribution in [2.75, 3.05) is 7.11 Å². The number of aliphatic carboxylic acids is 1. The quantitative estimate of drug-likeness (QED) is 0.773. The lowest BCUT2D eigenvalue weighted by Gasteiger charge is -2.25. The molecule has 0 bridgehead atoms. The molecule has 1 amide bonds. The van der Waals surface area contributed by atoms with Gasteiger partial charge in [0.15, 0.2) is 6.04 Å². The Kier molecular flexibility index (Phi) is 5.83. The second-order valence-electron chi connectivity index (χ2n) is 5.57. The highest BCUT2D eigenvalue weighted by Crippen LogP contribution is 2.31. The highest BCUT2D eigenvalue weighted by atomic mass is 79.9. The first-order chi connectivity index (χ1) is 10.5. The first-order valence-corrected chi connectivity index (χ1v) is 8.16. The molecule has 1 atom stereocenters. The maximum absolute atomic E-state index is 12.0. The van der Waals surface area contributed by atoms with Crippen LogP contribution in [0.3, 0.4) is 0 Å². The molecular weight excluding hydrogens is 350 g/mol. The summed E-state index contributed by atoms with van der Waals surface area (Å²) >= 11 is 3.33. The standard InChI is InChI=1S/C16H20BrNO4/c1-22-13-7-6-11(9-12(13)17)15(16(20)21)18-14(19)8-5-10-3-2-4-10/h6-7,9-10,15H,2-5,8H2,1H3,(H,18,19)(H,20,21). The summed E-state index contributed by atoms with van der Waals surface area (Å²) in [7, 11) is 1.54. The minimum absolute atomic E-state index is 0.216. The average molecular weight is 370 g/mol. The van der Waals surface area contributed by atoms with Crippen molar-refractivity contribution in [3.8, 4) is 5.75 Å². The number of carboxylic acids is 1. The van der Waals surface area contributed by atoms with Crippen LogP contribution in [0.25, 0.3) is 0 Å². The number of carbonyl (C=O) groups excluding carboxylic acids is 1. The summed E-state index contributed by atoms with van der Waals surface area (Å²) in [6, 6.07) is 3.94. The molecule has 0 saturated heterocycles. The minimum Gasteiger partial charge on any atom is -0.496 e. The van der Waals surface area contributed by atoms with Crippen LogP contribution in [0.15, 0.2) is 22.7 Å². The Hall–Kier alpha value is -1.56. The van der Waals surface area contributed by atoms with Gasteiger partial charge in [-0.3, -0.25) is 4.79 Å². The third-order valence-corrected chi connectivity index (χ3v) is 4.69. The summed E-state index contributed by atoms with van der Waals surface area (Å²) in [4.78, 5) is 23.4. The summed E-state index contributed by atoms with van der Waals surface area (Å²) in [5.74, 6) is -0.0475. The number of rotatable bonds is 7. The zero-order chi connectivity index (χ0) is 16.1. The molecule has 0 radical (unpaired) electrons. The number of amides is 1. The summed E-state index contributed by atoms with van der Waals surface area (Å²) in [5.41, 5.74) is 0.511. The fourth-order valence-corrected chi connectivity index (χ4v) is 3.06. The number of nitrogens with one attached hydrogen (secondary N) is 1. The van der Waals surface area contributed by atoms with Crippen LogP contribution in [-0.4, -0.2) is 24.1 Å². The zero-order valence-electron chi connectivity index (χ0n) is 12.5. The number of methoxy groups -OCH3 is 1. The van der Waals surface area contributed by atoms with Gasteiger partial charge in [0.25, 0.3) is 0 Å². The van der Waals surface area contributed by atoms with Crippen LogP contribution < -0.4 is 10.1 Å². The molecular formula is C16H20BrNO4. The van der Waals surface area contributed by atoms with Gasteiger partial charge < -0.3 is 15.2 Å². The Morgan fingerprint density at radius 3 is 2.68 bits per heavy atom. The topological polar surface area (TPSA) is 75.6 Å². The first kappa shape index (κ1) is 16.8. The van der Waals surface area contributed by atoms with Crippen molar-refractivity contribution in [2.45, 2.75) is 38.1 Å². The van der Waals surface area contributed by atoms with Gasteiger partial charge in [-0.25, -0.2) is 4.79 Å². The van der Waals surface area contributed by atoms with E-state index in [9.17, 15) is 14.7 Å². The monoisotopic (exact) mass is 369 g/mol. The molecule has 0 heterocycles. The van der Waals surface area contributed by atoms with Crippen LogP contribution in [0.4, 0.5) is 0 Å². The van der Waals surface area contributed by atoms with E-state index in [4.69, 9.17) is 4.74 Å². The van der Waals surface area contributed by atoms with Gasteiger partial charge in [0.2, 0.25) is 5.91 Å². The van der Waals surface area contributed by atoms with Gasteiger partial charge in [-0.05, 0) is 46.0 Å². The maximum Gasteiger partial charge on any atom is 0.330 e. The van der Waals surface area contributed by atoms with E-state index in [0.29, 0.717) is 28.1 Å². The average Bonchev–Trinajstić information content (AvgIpc) is 2.42. The predicted octanol–water partition coefficient (Wildman–Crippen LogP) is 3.28. The lowest BCUT2D eigenvalue weighted by atomic mass is 9.82. The number of ether oxygens (including phenoxy) is 1. The number of hydrogen-bond donors (Lipinski definition) is 2. The van der Waals surface area contributed by atoms with Crippen molar-refractivity contribution in [1.29, 1.82) is 0 Å². The Labute approximate surface area is 138 Å². The summed E-state index contributed by atoms with van der Waals surface area (Å²) in [5, 5.41) is 12.0. The van der Waals surface area contributed by atoms with Crippen LogP contribution in [0.2, 0.25) is 0 Å². The second-order valence-corrected chi connectivity index (χ2v) is 6.42. The Bertz CT molecular complexity index is 557. The van der Waals surface area contributed by atoms with Gasteiger partial charge in [0.05, 0.1) is 11.6 Å². The molecule has 0 spiro atoms. The van der Waals surface area contributed by atoms with Crippen molar-refractivity contribution < 1.29 is 19.4 Å². The minimum atomic E-state index is -1.07. The third kappa shape index (κ3) is 4.22. The Morgan fingerprint density at radius 2 is 2.18 bits per heavy atom. The zero-order valence-corrected chi connectivity index (χ0v) is 14.1. The molecule has 0 aliphatic heterocycles. The number of hydrogen-bond acceptors (Lipinski definition) is 3. The number of halogens is 1. The molecule has 1 fully saturated rings. The van der Waals surface area contributed by atoms with E-state index in [0.717, 1.165) is 6.42 Å². The van der Waals surface area contributed by atoms with E-state index in [-0.39, 0.29) is 5.91 Å². The lowest BCUT2D eigenvalue weighted by molar-refractivity contribution is -0.142. The van der Waals surface area contributed by atoms with Crippen molar-refractivity contribution >= 4 is 27.8 Å². The summed E-state index contributed by atoms with van der Waals surface area (Å²) in [6.07, 6.45) is 4.82.